The van der Waals surface area contributed by atoms with Gasteiger partial charge in [-0.3, -0.25) is 14.3 Å². The lowest BCUT2D eigenvalue weighted by atomic mass is 9.92. The van der Waals surface area contributed by atoms with Gasteiger partial charge in [0.05, 0.1) is 28.5 Å². The first kappa shape index (κ1) is 20.5. The lowest BCUT2D eigenvalue weighted by Crippen LogP contribution is -2.35. The van der Waals surface area contributed by atoms with Crippen molar-refractivity contribution in [2.45, 2.75) is 51.7 Å². The molecule has 0 fully saturated rings. The number of fused-ring (bicyclic) bond motifs is 3. The predicted octanol–water partition coefficient (Wildman–Crippen LogP) is 4.82. The maximum Gasteiger partial charge on any atom is 0.262 e. The first-order valence-electron chi connectivity index (χ1n) is 10.7. The van der Waals surface area contributed by atoms with Gasteiger partial charge in [0.1, 0.15) is 4.83 Å². The molecule has 2 unspecified atom stereocenters. The molecule has 0 saturated carbocycles. The van der Waals surface area contributed by atoms with Gasteiger partial charge in [-0.05, 0) is 51.3 Å². The maximum absolute atomic E-state index is 13.4. The minimum atomic E-state index is -0.113. The molecule has 5 nitrogen and oxygen atoms in total. The summed E-state index contributed by atoms with van der Waals surface area (Å²) in [6, 6.07) is 11.0. The van der Waals surface area contributed by atoms with Crippen molar-refractivity contribution in [1.29, 1.82) is 0 Å². The Hall–Kier alpha value is -2.35. The van der Waals surface area contributed by atoms with E-state index in [0.29, 0.717) is 6.04 Å². The summed E-state index contributed by atoms with van der Waals surface area (Å²) >= 11 is 3.31. The molecule has 1 aliphatic carbocycles. The van der Waals surface area contributed by atoms with Crippen LogP contribution >= 0.6 is 22.7 Å². The first-order chi connectivity index (χ1) is 15.0. The van der Waals surface area contributed by atoms with Crippen molar-refractivity contribution < 1.29 is 0 Å². The fourth-order valence-electron chi connectivity index (χ4n) is 4.53. The molecule has 3 aromatic heterocycles. The molecule has 1 aromatic carbocycles. The molecule has 2 atom stereocenters. The second-order valence-electron chi connectivity index (χ2n) is 8.41. The van der Waals surface area contributed by atoms with E-state index in [1.807, 2.05) is 19.2 Å². The molecule has 0 radical (unpaired) electrons. The minimum absolute atomic E-state index is 0.0664. The number of likely N-dealkylation sites (N-methyl/N-ethyl adjacent to an activating group) is 1. The fourth-order valence-corrected chi connectivity index (χ4v) is 6.48. The van der Waals surface area contributed by atoms with Crippen molar-refractivity contribution in [1.82, 2.24) is 19.4 Å². The largest absolute Gasteiger partial charge is 0.299 e. The number of thiophene rings is 1. The Kier molecular flexibility index (Phi) is 5.50. The second kappa shape index (κ2) is 8.30. The monoisotopic (exact) mass is 450 g/mol. The van der Waals surface area contributed by atoms with Gasteiger partial charge in [-0.25, -0.2) is 9.97 Å². The van der Waals surface area contributed by atoms with Crippen LogP contribution in [0.1, 0.15) is 46.1 Å². The van der Waals surface area contributed by atoms with Gasteiger partial charge in [0, 0.05) is 22.8 Å². The van der Waals surface area contributed by atoms with Gasteiger partial charge < -0.3 is 0 Å². The highest BCUT2D eigenvalue weighted by Gasteiger charge is 2.28. The lowest BCUT2D eigenvalue weighted by molar-refractivity contribution is 0.215. The van der Waals surface area contributed by atoms with Crippen LogP contribution in [0.25, 0.3) is 10.2 Å². The van der Waals surface area contributed by atoms with Crippen molar-refractivity contribution in [3.8, 4) is 0 Å². The number of aryl methyl sites for hydroxylation is 2. The van der Waals surface area contributed by atoms with Gasteiger partial charge in [-0.1, -0.05) is 30.3 Å². The average molecular weight is 451 g/mol. The van der Waals surface area contributed by atoms with E-state index < -0.39 is 0 Å². The standard InChI is InChI=1S/C24H26N4OS2/c1-15(20-13-30-16(2)26-20)28-14-25-23-22(24(28)29)19-10-9-18(11-21(19)31-23)27(3)12-17-7-5-4-6-8-17/h4-8,13-15,18H,9-12H2,1-3H3. The van der Waals surface area contributed by atoms with Crippen molar-refractivity contribution in [2.24, 2.45) is 0 Å². The molecule has 0 spiro atoms. The molecule has 0 bridgehead atoms. The molecule has 31 heavy (non-hydrogen) atoms. The molecule has 0 N–H and O–H groups in total. The third-order valence-corrected chi connectivity index (χ3v) is 8.30. The van der Waals surface area contributed by atoms with E-state index in [4.69, 9.17) is 0 Å². The molecule has 0 saturated heterocycles. The Bertz CT molecular complexity index is 1270. The molecular weight excluding hydrogens is 424 g/mol. The van der Waals surface area contributed by atoms with Gasteiger partial charge >= 0.3 is 0 Å². The van der Waals surface area contributed by atoms with Gasteiger partial charge in [-0.15, -0.1) is 22.7 Å². The van der Waals surface area contributed by atoms with Crippen molar-refractivity contribution in [2.75, 3.05) is 7.05 Å². The number of rotatable bonds is 5. The Morgan fingerprint density at radius 2 is 2.10 bits per heavy atom. The SMILES string of the molecule is Cc1nc(C(C)n2cnc3sc4c(c3c2=O)CCC(N(C)Cc2ccccc2)C4)cs1. The van der Waals surface area contributed by atoms with Crippen LogP contribution in [0.15, 0.2) is 46.8 Å². The van der Waals surface area contributed by atoms with E-state index in [1.165, 1.54) is 16.0 Å². The average Bonchev–Trinajstić information content (AvgIpc) is 3.37. The fraction of sp³-hybridized carbons (Fsp3) is 0.375. The van der Waals surface area contributed by atoms with Crippen LogP contribution in [0.3, 0.4) is 0 Å². The molecular formula is C24H26N4OS2. The molecule has 7 heteroatoms. The van der Waals surface area contributed by atoms with Crippen molar-refractivity contribution in [3.05, 3.63) is 79.1 Å². The molecule has 4 aromatic rings. The summed E-state index contributed by atoms with van der Waals surface area (Å²) in [6.45, 7) is 4.96. The Morgan fingerprint density at radius 1 is 1.29 bits per heavy atom. The number of thiazole rings is 1. The molecule has 5 rings (SSSR count). The van der Waals surface area contributed by atoms with Crippen LogP contribution in [0.5, 0.6) is 0 Å². The number of benzene rings is 1. The van der Waals surface area contributed by atoms with E-state index in [2.05, 4.69) is 52.2 Å². The highest BCUT2D eigenvalue weighted by molar-refractivity contribution is 7.18. The van der Waals surface area contributed by atoms with Crippen LogP contribution < -0.4 is 5.56 Å². The summed E-state index contributed by atoms with van der Waals surface area (Å²) < 4.78 is 1.75. The van der Waals surface area contributed by atoms with Gasteiger partial charge in [0.25, 0.3) is 5.56 Å². The second-order valence-corrected chi connectivity index (χ2v) is 10.6. The molecule has 0 amide bonds. The summed E-state index contributed by atoms with van der Waals surface area (Å²) in [5.74, 6) is 0. The first-order valence-corrected chi connectivity index (χ1v) is 12.4. The highest BCUT2D eigenvalue weighted by Crippen LogP contribution is 2.35. The summed E-state index contributed by atoms with van der Waals surface area (Å²) in [4.78, 5) is 27.3. The topological polar surface area (TPSA) is 51.0 Å². The molecule has 160 valence electrons. The third kappa shape index (κ3) is 3.86. The lowest BCUT2D eigenvalue weighted by Gasteiger charge is -2.31. The van der Waals surface area contributed by atoms with Gasteiger partial charge in [0.15, 0.2) is 0 Å². The molecule has 1 aliphatic rings. The summed E-state index contributed by atoms with van der Waals surface area (Å²) in [6.07, 6.45) is 4.69. The Balaban J connectivity index is 1.43. The summed E-state index contributed by atoms with van der Waals surface area (Å²) in [7, 11) is 2.21. The van der Waals surface area contributed by atoms with Crippen LogP contribution in [-0.4, -0.2) is 32.5 Å². The molecule has 3 heterocycles. The Morgan fingerprint density at radius 3 is 2.84 bits per heavy atom. The quantitative estimate of drug-likeness (QED) is 0.437. The van der Waals surface area contributed by atoms with Gasteiger partial charge in [-0.2, -0.15) is 0 Å². The minimum Gasteiger partial charge on any atom is -0.299 e. The number of nitrogens with zero attached hydrogens (tertiary/aromatic N) is 4. The predicted molar refractivity (Wildman–Crippen MR) is 128 cm³/mol. The van der Waals surface area contributed by atoms with Crippen LogP contribution in [-0.2, 0) is 19.4 Å². The Labute approximate surface area is 190 Å². The van der Waals surface area contributed by atoms with Crippen LogP contribution in [0, 0.1) is 6.92 Å². The number of hydrogen-bond acceptors (Lipinski definition) is 6. The summed E-state index contributed by atoms with van der Waals surface area (Å²) in [5, 5.41) is 3.88. The van der Waals surface area contributed by atoms with E-state index >= 15 is 0 Å². The zero-order chi connectivity index (χ0) is 21.5. The zero-order valence-corrected chi connectivity index (χ0v) is 19.7. The highest BCUT2D eigenvalue weighted by atomic mass is 32.1. The zero-order valence-electron chi connectivity index (χ0n) is 18.0. The smallest absolute Gasteiger partial charge is 0.262 e. The molecule has 0 aliphatic heterocycles. The normalized spacial score (nSPS) is 17.2. The van der Waals surface area contributed by atoms with Crippen LogP contribution in [0.4, 0.5) is 0 Å². The van der Waals surface area contributed by atoms with E-state index in [-0.39, 0.29) is 11.6 Å². The van der Waals surface area contributed by atoms with Crippen molar-refractivity contribution in [3.63, 3.8) is 0 Å². The number of hydrogen-bond donors (Lipinski definition) is 0. The van der Waals surface area contributed by atoms with E-state index in [0.717, 1.165) is 46.7 Å². The van der Waals surface area contributed by atoms with Crippen molar-refractivity contribution >= 4 is 32.9 Å². The number of aromatic nitrogens is 3. The van der Waals surface area contributed by atoms with Crippen LogP contribution in [0.2, 0.25) is 0 Å². The van der Waals surface area contributed by atoms with E-state index in [1.54, 1.807) is 33.6 Å². The maximum atomic E-state index is 13.4. The van der Waals surface area contributed by atoms with E-state index in [9.17, 15) is 4.79 Å². The third-order valence-electron chi connectivity index (χ3n) is 6.35. The summed E-state index contributed by atoms with van der Waals surface area (Å²) in [5.41, 5.74) is 3.55. The van der Waals surface area contributed by atoms with Gasteiger partial charge in [0.2, 0.25) is 0 Å².